The SMILES string of the molecule is C=CC(=O)N1CCC1Cn1ccc2ncnc(Oc3ccc(Oc4ccccc4)cc3)c21. The molecule has 0 aliphatic carbocycles. The van der Waals surface area contributed by atoms with Crippen molar-refractivity contribution in [2.24, 2.45) is 0 Å². The zero-order valence-corrected chi connectivity index (χ0v) is 17.4. The standard InChI is InChI=1S/C25H22N4O3/c1-2-23(30)29-15-12-18(29)16-28-14-13-22-24(28)25(27-17-26-22)32-21-10-8-20(9-11-21)31-19-6-4-3-5-7-19/h2-11,13-14,17-18H,1,12,15-16H2. The number of carbonyl (C=O) groups excluding carboxylic acids is 1. The maximum atomic E-state index is 12.0. The molecule has 0 bridgehead atoms. The molecule has 7 nitrogen and oxygen atoms in total. The van der Waals surface area contributed by atoms with Crippen LogP contribution in [0.15, 0.2) is 85.8 Å². The zero-order chi connectivity index (χ0) is 21.9. The molecule has 0 N–H and O–H groups in total. The molecule has 2 aromatic heterocycles. The molecule has 3 heterocycles. The van der Waals surface area contributed by atoms with E-state index in [1.165, 1.54) is 12.4 Å². The molecule has 160 valence electrons. The molecule has 1 unspecified atom stereocenters. The molecule has 1 amide bonds. The summed E-state index contributed by atoms with van der Waals surface area (Å²) in [6, 6.07) is 19.1. The summed E-state index contributed by atoms with van der Waals surface area (Å²) in [6.07, 6.45) is 5.76. The second-order valence-corrected chi connectivity index (χ2v) is 7.55. The highest BCUT2D eigenvalue weighted by atomic mass is 16.5. The van der Waals surface area contributed by atoms with E-state index in [4.69, 9.17) is 9.47 Å². The molecule has 5 rings (SSSR count). The van der Waals surface area contributed by atoms with Crippen LogP contribution in [0.5, 0.6) is 23.1 Å². The Kier molecular flexibility index (Phi) is 5.29. The lowest BCUT2D eigenvalue weighted by molar-refractivity contribution is -0.133. The molecule has 0 radical (unpaired) electrons. The fourth-order valence-electron chi connectivity index (χ4n) is 3.81. The third kappa shape index (κ3) is 3.92. The van der Waals surface area contributed by atoms with Gasteiger partial charge in [-0.25, -0.2) is 4.98 Å². The first-order valence-corrected chi connectivity index (χ1v) is 10.4. The van der Waals surface area contributed by atoms with Gasteiger partial charge in [0.1, 0.15) is 29.1 Å². The van der Waals surface area contributed by atoms with Crippen LogP contribution < -0.4 is 9.47 Å². The van der Waals surface area contributed by atoms with Gasteiger partial charge >= 0.3 is 0 Å². The van der Waals surface area contributed by atoms with Gasteiger partial charge in [-0.1, -0.05) is 24.8 Å². The average Bonchev–Trinajstić information content (AvgIpc) is 3.22. The van der Waals surface area contributed by atoms with Gasteiger partial charge in [0.25, 0.3) is 0 Å². The van der Waals surface area contributed by atoms with E-state index < -0.39 is 0 Å². The topological polar surface area (TPSA) is 69.5 Å². The molecular formula is C25H22N4O3. The van der Waals surface area contributed by atoms with Gasteiger partial charge in [-0.2, -0.15) is 4.98 Å². The lowest BCUT2D eigenvalue weighted by atomic mass is 10.0. The van der Waals surface area contributed by atoms with Gasteiger partial charge in [0.15, 0.2) is 0 Å². The minimum Gasteiger partial charge on any atom is -0.457 e. The lowest BCUT2D eigenvalue weighted by Gasteiger charge is -2.40. The highest BCUT2D eigenvalue weighted by Gasteiger charge is 2.31. The highest BCUT2D eigenvalue weighted by molar-refractivity contribution is 5.88. The Hall–Kier alpha value is -4.13. The number of likely N-dealkylation sites (tertiary alicyclic amines) is 1. The van der Waals surface area contributed by atoms with Crippen molar-refractivity contribution in [1.29, 1.82) is 0 Å². The van der Waals surface area contributed by atoms with Gasteiger partial charge < -0.3 is 18.9 Å². The lowest BCUT2D eigenvalue weighted by Crippen LogP contribution is -2.52. The van der Waals surface area contributed by atoms with E-state index in [-0.39, 0.29) is 11.9 Å². The number of hydrogen-bond acceptors (Lipinski definition) is 5. The van der Waals surface area contributed by atoms with E-state index in [2.05, 4.69) is 16.5 Å². The van der Waals surface area contributed by atoms with E-state index in [1.807, 2.05) is 76.3 Å². The maximum Gasteiger partial charge on any atom is 0.247 e. The van der Waals surface area contributed by atoms with Crippen molar-refractivity contribution in [3.8, 4) is 23.1 Å². The average molecular weight is 426 g/mol. The number of fused-ring (bicyclic) bond motifs is 1. The van der Waals surface area contributed by atoms with Gasteiger partial charge in [-0.05, 0) is 55.0 Å². The molecule has 32 heavy (non-hydrogen) atoms. The number of benzene rings is 2. The summed E-state index contributed by atoms with van der Waals surface area (Å²) < 4.78 is 14.0. The second kappa shape index (κ2) is 8.55. The van der Waals surface area contributed by atoms with Crippen LogP contribution in [0.4, 0.5) is 0 Å². The minimum atomic E-state index is -0.0387. The first kappa shape index (κ1) is 19.8. The third-order valence-corrected chi connectivity index (χ3v) is 5.54. The summed E-state index contributed by atoms with van der Waals surface area (Å²) in [6.45, 7) is 4.99. The predicted octanol–water partition coefficient (Wildman–Crippen LogP) is 4.80. The smallest absolute Gasteiger partial charge is 0.247 e. The summed E-state index contributed by atoms with van der Waals surface area (Å²) >= 11 is 0. The zero-order valence-electron chi connectivity index (χ0n) is 17.4. The number of hydrogen-bond donors (Lipinski definition) is 0. The van der Waals surface area contributed by atoms with Gasteiger partial charge in [0.2, 0.25) is 11.8 Å². The Labute approximate surface area is 185 Å². The predicted molar refractivity (Wildman–Crippen MR) is 121 cm³/mol. The van der Waals surface area contributed by atoms with Crippen molar-refractivity contribution in [1.82, 2.24) is 19.4 Å². The fraction of sp³-hybridized carbons (Fsp3) is 0.160. The summed E-state index contributed by atoms with van der Waals surface area (Å²) in [5, 5.41) is 0. The Balaban J connectivity index is 1.35. The van der Waals surface area contributed by atoms with Crippen LogP contribution >= 0.6 is 0 Å². The van der Waals surface area contributed by atoms with E-state index in [0.29, 0.717) is 18.2 Å². The second-order valence-electron chi connectivity index (χ2n) is 7.55. The molecule has 0 spiro atoms. The van der Waals surface area contributed by atoms with Crippen LogP contribution in [0.25, 0.3) is 11.0 Å². The van der Waals surface area contributed by atoms with Gasteiger partial charge in [0.05, 0.1) is 11.6 Å². The van der Waals surface area contributed by atoms with Crippen molar-refractivity contribution in [2.75, 3.05) is 6.54 Å². The summed E-state index contributed by atoms with van der Waals surface area (Å²) in [4.78, 5) is 22.5. The molecule has 1 aliphatic rings. The van der Waals surface area contributed by atoms with Crippen molar-refractivity contribution in [2.45, 2.75) is 19.0 Å². The number of rotatable bonds is 7. The number of carbonyl (C=O) groups is 1. The van der Waals surface area contributed by atoms with Crippen molar-refractivity contribution >= 4 is 16.9 Å². The third-order valence-electron chi connectivity index (χ3n) is 5.54. The molecule has 4 aromatic rings. The van der Waals surface area contributed by atoms with Crippen LogP contribution in [-0.4, -0.2) is 37.9 Å². The largest absolute Gasteiger partial charge is 0.457 e. The summed E-state index contributed by atoms with van der Waals surface area (Å²) in [5.74, 6) is 2.57. The highest BCUT2D eigenvalue weighted by Crippen LogP contribution is 2.31. The van der Waals surface area contributed by atoms with E-state index in [9.17, 15) is 4.79 Å². The number of nitrogens with zero attached hydrogens (tertiary/aromatic N) is 4. The van der Waals surface area contributed by atoms with Crippen LogP contribution in [0.2, 0.25) is 0 Å². The normalized spacial score (nSPS) is 15.2. The Morgan fingerprint density at radius 3 is 2.41 bits per heavy atom. The molecule has 1 fully saturated rings. The molecule has 0 saturated carbocycles. The van der Waals surface area contributed by atoms with Gasteiger partial charge in [0, 0.05) is 19.3 Å². The van der Waals surface area contributed by atoms with Gasteiger partial charge in [-0.3, -0.25) is 4.79 Å². The van der Waals surface area contributed by atoms with E-state index in [0.717, 1.165) is 35.5 Å². The van der Waals surface area contributed by atoms with Crippen LogP contribution in [-0.2, 0) is 11.3 Å². The van der Waals surface area contributed by atoms with Crippen LogP contribution in [0.1, 0.15) is 6.42 Å². The Morgan fingerprint density at radius 1 is 1.00 bits per heavy atom. The summed E-state index contributed by atoms with van der Waals surface area (Å²) in [7, 11) is 0. The monoisotopic (exact) mass is 426 g/mol. The van der Waals surface area contributed by atoms with Crippen molar-refractivity contribution in [3.63, 3.8) is 0 Å². The van der Waals surface area contributed by atoms with E-state index >= 15 is 0 Å². The summed E-state index contributed by atoms with van der Waals surface area (Å²) in [5.41, 5.74) is 1.59. The molecule has 2 aromatic carbocycles. The Morgan fingerprint density at radius 2 is 1.72 bits per heavy atom. The molecule has 1 atom stereocenters. The van der Waals surface area contributed by atoms with Crippen LogP contribution in [0.3, 0.4) is 0 Å². The number of aromatic nitrogens is 3. The number of amides is 1. The van der Waals surface area contributed by atoms with Gasteiger partial charge in [-0.15, -0.1) is 0 Å². The first-order valence-electron chi connectivity index (χ1n) is 10.4. The fourth-order valence-corrected chi connectivity index (χ4v) is 3.81. The number of ether oxygens (including phenoxy) is 2. The molecular weight excluding hydrogens is 404 g/mol. The molecule has 1 aliphatic heterocycles. The van der Waals surface area contributed by atoms with E-state index in [1.54, 1.807) is 0 Å². The first-order chi connectivity index (χ1) is 15.7. The Bertz CT molecular complexity index is 1250. The maximum absolute atomic E-state index is 12.0. The quantitative estimate of drug-likeness (QED) is 0.397. The molecule has 7 heteroatoms. The van der Waals surface area contributed by atoms with Crippen LogP contribution in [0, 0.1) is 0 Å². The van der Waals surface area contributed by atoms with Crippen molar-refractivity contribution < 1.29 is 14.3 Å². The molecule has 1 saturated heterocycles. The number of para-hydroxylation sites is 1. The minimum absolute atomic E-state index is 0.0387. The van der Waals surface area contributed by atoms with Crippen molar-refractivity contribution in [3.05, 3.63) is 85.8 Å².